The fourth-order valence-corrected chi connectivity index (χ4v) is 4.46. The van der Waals surface area contributed by atoms with E-state index in [1.165, 1.54) is 0 Å². The van der Waals surface area contributed by atoms with Crippen molar-refractivity contribution in [2.24, 2.45) is 0 Å². The number of rotatable bonds is 12. The summed E-state index contributed by atoms with van der Waals surface area (Å²) in [5.74, 6) is 0.832. The molecule has 9 heteroatoms. The summed E-state index contributed by atoms with van der Waals surface area (Å²) in [6.45, 7) is 4.06. The first-order valence-corrected chi connectivity index (χ1v) is 11.7. The number of hydroxylamine groups is 2. The van der Waals surface area contributed by atoms with Crippen LogP contribution < -0.4 is 10.1 Å². The van der Waals surface area contributed by atoms with E-state index in [4.69, 9.17) is 9.57 Å². The monoisotopic (exact) mass is 453 g/mol. The minimum absolute atomic E-state index is 0.235. The number of piperidine rings is 1. The van der Waals surface area contributed by atoms with Crippen LogP contribution in [0.15, 0.2) is 18.2 Å². The van der Waals surface area contributed by atoms with Crippen molar-refractivity contribution in [3.8, 4) is 5.75 Å². The van der Waals surface area contributed by atoms with Gasteiger partial charge in [-0.15, -0.1) is 0 Å². The van der Waals surface area contributed by atoms with Gasteiger partial charge in [0.1, 0.15) is 18.0 Å². The maximum absolute atomic E-state index is 10.1. The Balaban J connectivity index is 1.35. The smallest absolute Gasteiger partial charge is 0.121 e. The SMILES string of the molecule is COc1cc(CN2CCCO2)cc(NCCCCCCN2C[C@H](O)[C@@H](O)[C@H](O)[C@H]2CO)c1. The van der Waals surface area contributed by atoms with Crippen molar-refractivity contribution in [1.29, 1.82) is 0 Å². The van der Waals surface area contributed by atoms with Crippen LogP contribution >= 0.6 is 0 Å². The number of anilines is 1. The molecule has 0 aromatic heterocycles. The topological polar surface area (TPSA) is 118 Å². The summed E-state index contributed by atoms with van der Waals surface area (Å²) < 4.78 is 5.44. The van der Waals surface area contributed by atoms with E-state index in [1.54, 1.807) is 7.11 Å². The predicted octanol–water partition coefficient (Wildman–Crippen LogP) is 0.564. The van der Waals surface area contributed by atoms with Crippen LogP contribution in [0.3, 0.4) is 0 Å². The lowest BCUT2D eigenvalue weighted by atomic mass is 9.94. The Morgan fingerprint density at radius 1 is 1.09 bits per heavy atom. The zero-order valence-electron chi connectivity index (χ0n) is 19.0. The van der Waals surface area contributed by atoms with E-state index in [9.17, 15) is 20.4 Å². The lowest BCUT2D eigenvalue weighted by Crippen LogP contribution is -2.62. The predicted molar refractivity (Wildman–Crippen MR) is 121 cm³/mol. The van der Waals surface area contributed by atoms with Gasteiger partial charge in [-0.05, 0) is 43.5 Å². The second-order valence-corrected chi connectivity index (χ2v) is 8.75. The van der Waals surface area contributed by atoms with Crippen LogP contribution in [0.4, 0.5) is 5.69 Å². The number of unbranched alkanes of at least 4 members (excludes halogenated alkanes) is 3. The molecule has 1 aromatic rings. The maximum atomic E-state index is 10.1. The first-order chi connectivity index (χ1) is 15.5. The number of likely N-dealkylation sites (tertiary alicyclic amines) is 1. The highest BCUT2D eigenvalue weighted by atomic mass is 16.7. The number of hydrogen-bond donors (Lipinski definition) is 5. The molecule has 2 heterocycles. The molecule has 0 aliphatic carbocycles. The van der Waals surface area contributed by atoms with Crippen LogP contribution in [0.5, 0.6) is 5.75 Å². The van der Waals surface area contributed by atoms with Crippen LogP contribution in [-0.2, 0) is 11.4 Å². The first kappa shape index (κ1) is 25.2. The van der Waals surface area contributed by atoms with Crippen molar-refractivity contribution in [3.63, 3.8) is 0 Å². The van der Waals surface area contributed by atoms with Gasteiger partial charge >= 0.3 is 0 Å². The van der Waals surface area contributed by atoms with Gasteiger partial charge in [0.15, 0.2) is 0 Å². The summed E-state index contributed by atoms with van der Waals surface area (Å²) in [4.78, 5) is 7.47. The van der Waals surface area contributed by atoms with Crippen molar-refractivity contribution in [2.45, 2.75) is 63.0 Å². The number of aliphatic hydroxyl groups is 4. The van der Waals surface area contributed by atoms with E-state index in [-0.39, 0.29) is 13.2 Å². The summed E-state index contributed by atoms with van der Waals surface area (Å²) in [5, 5.41) is 44.7. The molecular weight excluding hydrogens is 414 g/mol. The van der Waals surface area contributed by atoms with Crippen LogP contribution in [0.2, 0.25) is 0 Å². The molecule has 2 aliphatic heterocycles. The highest BCUT2D eigenvalue weighted by Gasteiger charge is 2.40. The molecule has 5 N–H and O–H groups in total. The number of benzene rings is 1. The number of hydrogen-bond acceptors (Lipinski definition) is 9. The number of β-amino-alcohol motifs (C(OH)–C–C–N with tert-alkyl or cyclic N) is 1. The lowest BCUT2D eigenvalue weighted by Gasteiger charge is -2.43. The Bertz CT molecular complexity index is 688. The molecule has 2 aliphatic rings. The molecule has 1 aromatic carbocycles. The Kier molecular flexibility index (Phi) is 9.98. The summed E-state index contributed by atoms with van der Waals surface area (Å²) in [6, 6.07) is 5.66. The fraction of sp³-hybridized carbons (Fsp3) is 0.739. The van der Waals surface area contributed by atoms with Crippen molar-refractivity contribution in [1.82, 2.24) is 9.96 Å². The quantitative estimate of drug-likeness (QED) is 0.289. The molecule has 32 heavy (non-hydrogen) atoms. The van der Waals surface area contributed by atoms with Crippen molar-refractivity contribution in [3.05, 3.63) is 23.8 Å². The van der Waals surface area contributed by atoms with Crippen LogP contribution in [-0.4, -0.2) is 101 Å². The Morgan fingerprint density at radius 2 is 1.91 bits per heavy atom. The number of ether oxygens (including phenoxy) is 1. The minimum Gasteiger partial charge on any atom is -0.497 e. The molecule has 0 spiro atoms. The third kappa shape index (κ3) is 7.02. The molecule has 0 saturated carbocycles. The molecule has 0 unspecified atom stereocenters. The Labute approximate surface area is 190 Å². The maximum Gasteiger partial charge on any atom is 0.121 e. The van der Waals surface area contributed by atoms with Gasteiger partial charge in [0.2, 0.25) is 0 Å². The molecule has 0 radical (unpaired) electrons. The molecule has 0 amide bonds. The highest BCUT2D eigenvalue weighted by Crippen LogP contribution is 2.23. The van der Waals surface area contributed by atoms with E-state index in [0.29, 0.717) is 6.54 Å². The van der Waals surface area contributed by atoms with Gasteiger partial charge in [0.05, 0.1) is 32.5 Å². The van der Waals surface area contributed by atoms with Gasteiger partial charge in [-0.3, -0.25) is 9.74 Å². The average Bonchev–Trinajstić information content (AvgIpc) is 3.29. The molecule has 2 fully saturated rings. The summed E-state index contributed by atoms with van der Waals surface area (Å²) >= 11 is 0. The van der Waals surface area contributed by atoms with E-state index in [2.05, 4.69) is 11.4 Å². The number of aliphatic hydroxyl groups excluding tert-OH is 4. The second-order valence-electron chi connectivity index (χ2n) is 8.75. The van der Waals surface area contributed by atoms with Crippen LogP contribution in [0, 0.1) is 0 Å². The van der Waals surface area contributed by atoms with E-state index in [0.717, 1.165) is 75.3 Å². The number of methoxy groups -OCH3 is 1. The van der Waals surface area contributed by atoms with E-state index < -0.39 is 24.4 Å². The van der Waals surface area contributed by atoms with Crippen molar-refractivity contribution < 1.29 is 30.0 Å². The zero-order valence-corrected chi connectivity index (χ0v) is 19.0. The molecule has 0 bridgehead atoms. The van der Waals surface area contributed by atoms with Gasteiger partial charge < -0.3 is 30.5 Å². The molecule has 4 atom stereocenters. The summed E-state index contributed by atoms with van der Waals surface area (Å²) in [7, 11) is 1.68. The van der Waals surface area contributed by atoms with Gasteiger partial charge in [-0.25, -0.2) is 0 Å². The van der Waals surface area contributed by atoms with E-state index in [1.807, 2.05) is 22.1 Å². The largest absolute Gasteiger partial charge is 0.497 e. The van der Waals surface area contributed by atoms with Gasteiger partial charge in [-0.1, -0.05) is 12.8 Å². The van der Waals surface area contributed by atoms with Gasteiger partial charge in [0.25, 0.3) is 0 Å². The zero-order chi connectivity index (χ0) is 22.9. The molecule has 2 saturated heterocycles. The summed E-state index contributed by atoms with van der Waals surface area (Å²) in [6.07, 6.45) is 1.75. The molecular formula is C23H39N3O6. The second kappa shape index (κ2) is 12.7. The molecule has 9 nitrogen and oxygen atoms in total. The van der Waals surface area contributed by atoms with Gasteiger partial charge in [0, 0.05) is 37.9 Å². The Hall–Kier alpha value is -1.46. The molecule has 3 rings (SSSR count). The fourth-order valence-electron chi connectivity index (χ4n) is 4.46. The normalized spacial score (nSPS) is 27.0. The summed E-state index contributed by atoms with van der Waals surface area (Å²) in [5.41, 5.74) is 2.20. The number of nitrogens with one attached hydrogen (secondary N) is 1. The van der Waals surface area contributed by atoms with Crippen molar-refractivity contribution >= 4 is 5.69 Å². The third-order valence-corrected chi connectivity index (χ3v) is 6.30. The minimum atomic E-state index is -1.20. The van der Waals surface area contributed by atoms with Crippen LogP contribution in [0.1, 0.15) is 37.7 Å². The standard InChI is InChI=1S/C23H39N3O6/c1-31-19-12-17(14-26-9-6-10-32-26)11-18(13-19)24-7-4-2-3-5-8-25-15-21(28)23(30)22(29)20(25)16-27/h11-13,20-24,27-30H,2-10,14-16H2,1H3/t20-,21+,22-,23-/m1/s1. The van der Waals surface area contributed by atoms with Crippen molar-refractivity contribution in [2.75, 3.05) is 51.8 Å². The average molecular weight is 454 g/mol. The molecule has 182 valence electrons. The highest BCUT2D eigenvalue weighted by molar-refractivity contribution is 5.51. The first-order valence-electron chi connectivity index (χ1n) is 11.7. The number of nitrogens with zero attached hydrogens (tertiary/aromatic N) is 2. The van der Waals surface area contributed by atoms with E-state index >= 15 is 0 Å². The third-order valence-electron chi connectivity index (χ3n) is 6.30. The van der Waals surface area contributed by atoms with Crippen LogP contribution in [0.25, 0.3) is 0 Å². The van der Waals surface area contributed by atoms with Gasteiger partial charge in [-0.2, -0.15) is 5.06 Å². The Morgan fingerprint density at radius 3 is 2.62 bits per heavy atom. The lowest BCUT2D eigenvalue weighted by molar-refractivity contribution is -0.145.